The van der Waals surface area contributed by atoms with E-state index in [0.717, 1.165) is 104 Å². The molecule has 0 aliphatic rings. The lowest BCUT2D eigenvalue weighted by Crippen LogP contribution is -2.00. The molecule has 0 bridgehead atoms. The van der Waals surface area contributed by atoms with Gasteiger partial charge in [0, 0.05) is 0 Å². The quantitative estimate of drug-likeness (QED) is 0.0737. The lowest BCUT2D eigenvalue weighted by atomic mass is 10.2. The average Bonchev–Trinajstić information content (AvgIpc) is 3.08. The Morgan fingerprint density at radius 1 is 0.333 bits per heavy atom. The molecule has 0 unspecified atom stereocenters. The third-order valence-corrected chi connectivity index (χ3v) is 6.77. The average molecular weight is 609 g/mol. The highest BCUT2D eigenvalue weighted by Crippen LogP contribution is 2.25. The predicted octanol–water partition coefficient (Wildman–Crippen LogP) is 11.5. The highest BCUT2D eigenvalue weighted by molar-refractivity contribution is 5.45. The zero-order chi connectivity index (χ0) is 31.4. The smallest absolute Gasteiger partial charge is 0.119 e. The summed E-state index contributed by atoms with van der Waals surface area (Å²) in [6.45, 7) is 7.07. The van der Waals surface area contributed by atoms with Crippen molar-refractivity contribution in [2.75, 3.05) is 26.4 Å². The van der Waals surface area contributed by atoms with Crippen LogP contribution >= 0.6 is 0 Å². The summed E-state index contributed by atoms with van der Waals surface area (Å²) in [5.74, 6) is 3.36. The first-order chi connectivity index (χ1) is 22.2. The third-order valence-electron chi connectivity index (χ3n) is 6.77. The minimum Gasteiger partial charge on any atom is -0.494 e. The molecular weight excluding hydrogens is 564 g/mol. The molecule has 0 N–H and O–H groups in total. The van der Waals surface area contributed by atoms with Crippen LogP contribution in [0.15, 0.2) is 118 Å². The first-order valence-corrected chi connectivity index (χ1v) is 16.0. The zero-order valence-electron chi connectivity index (χ0n) is 26.4. The molecule has 0 amide bonds. The molecule has 45 heavy (non-hydrogen) atoms. The molecule has 8 heteroatoms. The summed E-state index contributed by atoms with van der Waals surface area (Å²) in [5.41, 5.74) is 3.12. The summed E-state index contributed by atoms with van der Waals surface area (Å²) in [4.78, 5) is 0. The van der Waals surface area contributed by atoms with E-state index in [1.54, 1.807) is 0 Å². The molecule has 0 aromatic heterocycles. The lowest BCUT2D eigenvalue weighted by Gasteiger charge is -2.08. The summed E-state index contributed by atoms with van der Waals surface area (Å²) >= 11 is 0. The van der Waals surface area contributed by atoms with Crippen LogP contribution in [0.2, 0.25) is 0 Å². The van der Waals surface area contributed by atoms with E-state index in [1.165, 1.54) is 0 Å². The number of azo groups is 2. The van der Waals surface area contributed by atoms with Crippen LogP contribution in [0.1, 0.15) is 58.8 Å². The summed E-state index contributed by atoms with van der Waals surface area (Å²) in [6, 6.07) is 30.6. The second-order valence-electron chi connectivity index (χ2n) is 10.5. The Kier molecular flexibility index (Phi) is 14.4. The number of nitrogens with zero attached hydrogens (tertiary/aromatic N) is 4. The Morgan fingerprint density at radius 2 is 0.578 bits per heavy atom. The van der Waals surface area contributed by atoms with Crippen molar-refractivity contribution in [3.05, 3.63) is 97.1 Å². The third kappa shape index (κ3) is 12.8. The molecule has 0 saturated heterocycles. The summed E-state index contributed by atoms with van der Waals surface area (Å²) in [5, 5.41) is 17.3. The second-order valence-corrected chi connectivity index (χ2v) is 10.5. The molecule has 8 nitrogen and oxygen atoms in total. The van der Waals surface area contributed by atoms with Gasteiger partial charge in [-0.05, 0) is 129 Å². The normalized spacial score (nSPS) is 11.2. The maximum atomic E-state index is 5.88. The number of rotatable bonds is 20. The van der Waals surface area contributed by atoms with Gasteiger partial charge >= 0.3 is 0 Å². The van der Waals surface area contributed by atoms with Gasteiger partial charge in [0.25, 0.3) is 0 Å². The van der Waals surface area contributed by atoms with E-state index in [9.17, 15) is 0 Å². The van der Waals surface area contributed by atoms with Crippen molar-refractivity contribution in [3.63, 3.8) is 0 Å². The van der Waals surface area contributed by atoms with Gasteiger partial charge < -0.3 is 18.9 Å². The zero-order valence-corrected chi connectivity index (χ0v) is 26.4. The van der Waals surface area contributed by atoms with E-state index in [-0.39, 0.29) is 0 Å². The molecule has 0 fully saturated rings. The molecule has 0 aliphatic heterocycles. The van der Waals surface area contributed by atoms with Crippen LogP contribution < -0.4 is 18.9 Å². The van der Waals surface area contributed by atoms with Crippen LogP contribution in [0, 0.1) is 0 Å². The van der Waals surface area contributed by atoms with Crippen LogP contribution in [0.25, 0.3) is 0 Å². The Morgan fingerprint density at radius 3 is 0.822 bits per heavy atom. The van der Waals surface area contributed by atoms with Gasteiger partial charge in [0.05, 0.1) is 49.2 Å². The SMILES string of the molecule is CCCCOc1ccc(N=Nc2ccc(OCCCCCOc3ccc(N=Nc4ccc(OCCCC)cc4)cc3)cc2)cc1. The number of benzene rings is 4. The van der Waals surface area contributed by atoms with E-state index >= 15 is 0 Å². The highest BCUT2D eigenvalue weighted by Gasteiger charge is 2.00. The van der Waals surface area contributed by atoms with Gasteiger partial charge in [-0.1, -0.05) is 26.7 Å². The van der Waals surface area contributed by atoms with Crippen LogP contribution in [-0.4, -0.2) is 26.4 Å². The fourth-order valence-corrected chi connectivity index (χ4v) is 4.10. The highest BCUT2D eigenvalue weighted by atomic mass is 16.5. The molecule has 4 rings (SSSR count). The van der Waals surface area contributed by atoms with Gasteiger partial charge in [0.2, 0.25) is 0 Å². The summed E-state index contributed by atoms with van der Waals surface area (Å²) in [6.07, 6.45) is 7.26. The van der Waals surface area contributed by atoms with Gasteiger partial charge in [-0.15, -0.1) is 0 Å². The molecule has 0 spiro atoms. The fourth-order valence-electron chi connectivity index (χ4n) is 4.10. The second kappa shape index (κ2) is 19.5. The van der Waals surface area contributed by atoms with E-state index in [2.05, 4.69) is 34.3 Å². The molecular formula is C37H44N4O4. The van der Waals surface area contributed by atoms with Crippen LogP contribution in [0.4, 0.5) is 22.7 Å². The number of hydrogen-bond donors (Lipinski definition) is 0. The van der Waals surface area contributed by atoms with Crippen molar-refractivity contribution in [1.29, 1.82) is 0 Å². The standard InChI is InChI=1S/C37H44N4O4/c1-3-5-26-42-34-18-10-30(11-19-34)38-40-32-14-22-36(23-15-32)44-28-8-7-9-29-45-37-24-16-33(17-25-37)41-39-31-12-20-35(21-13-31)43-27-6-4-2/h10-25H,3-9,26-29H2,1-2H3. The van der Waals surface area contributed by atoms with Gasteiger partial charge in [0.15, 0.2) is 0 Å². The van der Waals surface area contributed by atoms with Gasteiger partial charge in [-0.25, -0.2) is 0 Å². The minimum absolute atomic E-state index is 0.655. The Balaban J connectivity index is 1.06. The van der Waals surface area contributed by atoms with Crippen LogP contribution in [0.5, 0.6) is 23.0 Å². The van der Waals surface area contributed by atoms with E-state index in [4.69, 9.17) is 18.9 Å². The van der Waals surface area contributed by atoms with Crippen LogP contribution in [0.3, 0.4) is 0 Å². The molecule has 0 radical (unpaired) electrons. The molecule has 4 aromatic rings. The Hall–Kier alpha value is -4.72. The van der Waals surface area contributed by atoms with Crippen molar-refractivity contribution in [2.24, 2.45) is 20.5 Å². The van der Waals surface area contributed by atoms with E-state index in [1.807, 2.05) is 97.1 Å². The first kappa shape index (κ1) is 33.2. The van der Waals surface area contributed by atoms with Crippen molar-refractivity contribution < 1.29 is 18.9 Å². The van der Waals surface area contributed by atoms with Crippen LogP contribution in [-0.2, 0) is 0 Å². The minimum atomic E-state index is 0.655. The molecule has 0 heterocycles. The summed E-state index contributed by atoms with van der Waals surface area (Å²) < 4.78 is 23.1. The molecule has 0 atom stereocenters. The molecule has 0 saturated carbocycles. The maximum absolute atomic E-state index is 5.88. The largest absolute Gasteiger partial charge is 0.494 e. The number of hydrogen-bond acceptors (Lipinski definition) is 8. The fraction of sp³-hybridized carbons (Fsp3) is 0.351. The predicted molar refractivity (Wildman–Crippen MR) is 180 cm³/mol. The van der Waals surface area contributed by atoms with Gasteiger partial charge in [-0.2, -0.15) is 20.5 Å². The summed E-state index contributed by atoms with van der Waals surface area (Å²) in [7, 11) is 0. The number of unbranched alkanes of at least 4 members (excludes halogenated alkanes) is 4. The van der Waals surface area contributed by atoms with E-state index < -0.39 is 0 Å². The monoisotopic (exact) mass is 608 g/mol. The molecule has 236 valence electrons. The first-order valence-electron chi connectivity index (χ1n) is 16.0. The van der Waals surface area contributed by atoms with Gasteiger partial charge in [0.1, 0.15) is 23.0 Å². The van der Waals surface area contributed by atoms with Gasteiger partial charge in [-0.3, -0.25) is 0 Å². The van der Waals surface area contributed by atoms with Crippen molar-refractivity contribution in [1.82, 2.24) is 0 Å². The molecule has 0 aliphatic carbocycles. The molecule has 4 aromatic carbocycles. The topological polar surface area (TPSA) is 86.4 Å². The maximum Gasteiger partial charge on any atom is 0.119 e. The Labute approximate surface area is 267 Å². The van der Waals surface area contributed by atoms with E-state index in [0.29, 0.717) is 13.2 Å². The number of ether oxygens (including phenoxy) is 4. The Bertz CT molecular complexity index is 1310. The van der Waals surface area contributed by atoms with Crippen molar-refractivity contribution in [3.8, 4) is 23.0 Å². The van der Waals surface area contributed by atoms with Crippen molar-refractivity contribution in [2.45, 2.75) is 58.8 Å². The van der Waals surface area contributed by atoms with Crippen molar-refractivity contribution >= 4 is 22.7 Å². The lowest BCUT2D eigenvalue weighted by molar-refractivity contribution is 0.279.